The third kappa shape index (κ3) is 3.17. The molecule has 1 aromatic heterocycles. The molecule has 0 bridgehead atoms. The lowest BCUT2D eigenvalue weighted by Crippen LogP contribution is -2.11. The molecule has 2 rings (SSSR count). The van der Waals surface area contributed by atoms with Gasteiger partial charge in [-0.05, 0) is 37.5 Å². The fourth-order valence-corrected chi connectivity index (χ4v) is 1.79. The number of aryl methyl sites for hydroxylation is 3. The van der Waals surface area contributed by atoms with Crippen LogP contribution in [-0.4, -0.2) is 9.97 Å². The van der Waals surface area contributed by atoms with Crippen LogP contribution < -0.4 is 11.3 Å². The molecule has 4 heteroatoms. The van der Waals surface area contributed by atoms with Crippen LogP contribution >= 0.6 is 0 Å². The maximum atomic E-state index is 11.3. The standard InChI is InChI=1S/C13H15N3O/c1-9-15-12(8-13(17)16-9)6-5-10-3-2-4-11(14)7-10/h2-4,7-8H,5-6,14H2,1H3,(H,15,16,17). The third-order valence-corrected chi connectivity index (χ3v) is 2.53. The van der Waals surface area contributed by atoms with E-state index in [0.29, 0.717) is 5.82 Å². The van der Waals surface area contributed by atoms with Gasteiger partial charge in [0, 0.05) is 17.4 Å². The summed E-state index contributed by atoms with van der Waals surface area (Å²) in [5, 5.41) is 0. The Morgan fingerprint density at radius 2 is 2.12 bits per heavy atom. The van der Waals surface area contributed by atoms with E-state index >= 15 is 0 Å². The Morgan fingerprint density at radius 3 is 2.82 bits per heavy atom. The van der Waals surface area contributed by atoms with Crippen LogP contribution in [0, 0.1) is 6.92 Å². The van der Waals surface area contributed by atoms with Gasteiger partial charge in [-0.1, -0.05) is 12.1 Å². The lowest BCUT2D eigenvalue weighted by molar-refractivity contribution is 0.870. The van der Waals surface area contributed by atoms with Crippen molar-refractivity contribution in [1.29, 1.82) is 0 Å². The number of H-pyrrole nitrogens is 1. The molecule has 1 heterocycles. The zero-order chi connectivity index (χ0) is 12.3. The van der Waals surface area contributed by atoms with Crippen LogP contribution in [-0.2, 0) is 12.8 Å². The number of aromatic amines is 1. The van der Waals surface area contributed by atoms with E-state index in [1.165, 1.54) is 0 Å². The number of nitrogens with one attached hydrogen (secondary N) is 1. The lowest BCUT2D eigenvalue weighted by Gasteiger charge is -2.03. The molecule has 1 aromatic carbocycles. The van der Waals surface area contributed by atoms with Crippen LogP contribution in [0.3, 0.4) is 0 Å². The van der Waals surface area contributed by atoms with Gasteiger partial charge in [0.1, 0.15) is 5.82 Å². The first-order valence-electron chi connectivity index (χ1n) is 5.55. The molecule has 0 aliphatic heterocycles. The zero-order valence-electron chi connectivity index (χ0n) is 9.73. The SMILES string of the molecule is Cc1nc(CCc2cccc(N)c2)cc(=O)[nH]1. The van der Waals surface area contributed by atoms with Gasteiger partial charge in [-0.15, -0.1) is 0 Å². The van der Waals surface area contributed by atoms with E-state index in [0.717, 1.165) is 29.8 Å². The molecule has 0 unspecified atom stereocenters. The number of anilines is 1. The van der Waals surface area contributed by atoms with Crippen molar-refractivity contribution < 1.29 is 0 Å². The summed E-state index contributed by atoms with van der Waals surface area (Å²) in [6.45, 7) is 1.78. The molecular weight excluding hydrogens is 214 g/mol. The quantitative estimate of drug-likeness (QED) is 0.782. The number of nitrogens with two attached hydrogens (primary N) is 1. The summed E-state index contributed by atoms with van der Waals surface area (Å²) in [5.41, 5.74) is 8.34. The highest BCUT2D eigenvalue weighted by Gasteiger charge is 2.00. The van der Waals surface area contributed by atoms with Crippen molar-refractivity contribution in [2.75, 3.05) is 5.73 Å². The number of benzene rings is 1. The van der Waals surface area contributed by atoms with E-state index in [-0.39, 0.29) is 5.56 Å². The molecular formula is C13H15N3O. The first-order chi connectivity index (χ1) is 8.13. The number of hydrogen-bond acceptors (Lipinski definition) is 3. The molecule has 0 atom stereocenters. The summed E-state index contributed by atoms with van der Waals surface area (Å²) < 4.78 is 0. The Bertz CT molecular complexity index is 575. The molecule has 0 radical (unpaired) electrons. The highest BCUT2D eigenvalue weighted by Crippen LogP contribution is 2.09. The summed E-state index contributed by atoms with van der Waals surface area (Å²) in [6, 6.07) is 9.30. The molecule has 88 valence electrons. The fraction of sp³-hybridized carbons (Fsp3) is 0.231. The van der Waals surface area contributed by atoms with E-state index in [2.05, 4.69) is 9.97 Å². The summed E-state index contributed by atoms with van der Waals surface area (Å²) in [7, 11) is 0. The second-order valence-corrected chi connectivity index (χ2v) is 4.07. The number of hydrogen-bond donors (Lipinski definition) is 2. The normalized spacial score (nSPS) is 10.4. The van der Waals surface area contributed by atoms with Gasteiger partial charge in [0.25, 0.3) is 5.56 Å². The summed E-state index contributed by atoms with van der Waals surface area (Å²) in [5.74, 6) is 0.653. The topological polar surface area (TPSA) is 71.8 Å². The van der Waals surface area contributed by atoms with Crippen molar-refractivity contribution in [3.05, 3.63) is 57.8 Å². The zero-order valence-corrected chi connectivity index (χ0v) is 9.73. The Morgan fingerprint density at radius 1 is 1.29 bits per heavy atom. The minimum atomic E-state index is -0.0972. The van der Waals surface area contributed by atoms with E-state index in [1.54, 1.807) is 13.0 Å². The van der Waals surface area contributed by atoms with Crippen molar-refractivity contribution in [3.63, 3.8) is 0 Å². The molecule has 0 saturated heterocycles. The maximum absolute atomic E-state index is 11.3. The number of nitrogen functional groups attached to an aromatic ring is 1. The van der Waals surface area contributed by atoms with Gasteiger partial charge in [0.2, 0.25) is 0 Å². The van der Waals surface area contributed by atoms with Gasteiger partial charge in [-0.2, -0.15) is 0 Å². The first kappa shape index (κ1) is 11.4. The molecule has 0 saturated carbocycles. The second kappa shape index (κ2) is 4.82. The molecule has 0 aliphatic rings. The summed E-state index contributed by atoms with van der Waals surface area (Å²) in [4.78, 5) is 18.2. The third-order valence-electron chi connectivity index (χ3n) is 2.53. The highest BCUT2D eigenvalue weighted by molar-refractivity contribution is 5.40. The summed E-state index contributed by atoms with van der Waals surface area (Å²) >= 11 is 0. The van der Waals surface area contributed by atoms with E-state index < -0.39 is 0 Å². The molecule has 17 heavy (non-hydrogen) atoms. The number of aromatic nitrogens is 2. The number of rotatable bonds is 3. The monoisotopic (exact) mass is 229 g/mol. The second-order valence-electron chi connectivity index (χ2n) is 4.07. The van der Waals surface area contributed by atoms with Crippen molar-refractivity contribution in [1.82, 2.24) is 9.97 Å². The van der Waals surface area contributed by atoms with Gasteiger partial charge in [-0.25, -0.2) is 4.98 Å². The van der Waals surface area contributed by atoms with Crippen molar-refractivity contribution >= 4 is 5.69 Å². The van der Waals surface area contributed by atoms with Gasteiger partial charge in [0.05, 0.1) is 0 Å². The molecule has 4 nitrogen and oxygen atoms in total. The maximum Gasteiger partial charge on any atom is 0.251 e. The van der Waals surface area contributed by atoms with E-state index in [1.807, 2.05) is 24.3 Å². The molecule has 0 spiro atoms. The number of nitrogens with zero attached hydrogens (tertiary/aromatic N) is 1. The van der Waals surface area contributed by atoms with Crippen molar-refractivity contribution in [2.45, 2.75) is 19.8 Å². The summed E-state index contributed by atoms with van der Waals surface area (Å²) in [6.07, 6.45) is 1.58. The minimum Gasteiger partial charge on any atom is -0.399 e. The Kier molecular flexibility index (Phi) is 3.23. The first-order valence-corrected chi connectivity index (χ1v) is 5.55. The van der Waals surface area contributed by atoms with Crippen LogP contribution in [0.15, 0.2) is 35.1 Å². The predicted octanol–water partition coefficient (Wildman–Crippen LogP) is 1.45. The fourth-order valence-electron chi connectivity index (χ4n) is 1.79. The largest absolute Gasteiger partial charge is 0.399 e. The van der Waals surface area contributed by atoms with Crippen molar-refractivity contribution in [3.8, 4) is 0 Å². The molecule has 3 N–H and O–H groups in total. The van der Waals surface area contributed by atoms with Crippen LogP contribution in [0.4, 0.5) is 5.69 Å². The van der Waals surface area contributed by atoms with Gasteiger partial charge in [0.15, 0.2) is 0 Å². The molecule has 0 fully saturated rings. The van der Waals surface area contributed by atoms with E-state index in [4.69, 9.17) is 5.73 Å². The molecule has 0 amide bonds. The lowest BCUT2D eigenvalue weighted by atomic mass is 10.1. The van der Waals surface area contributed by atoms with Gasteiger partial charge < -0.3 is 10.7 Å². The predicted molar refractivity (Wildman–Crippen MR) is 67.9 cm³/mol. The Labute approximate surface area is 99.5 Å². The van der Waals surface area contributed by atoms with Gasteiger partial charge >= 0.3 is 0 Å². The van der Waals surface area contributed by atoms with Crippen LogP contribution in [0.5, 0.6) is 0 Å². The van der Waals surface area contributed by atoms with Crippen LogP contribution in [0.25, 0.3) is 0 Å². The Hall–Kier alpha value is -2.10. The molecule has 2 aromatic rings. The van der Waals surface area contributed by atoms with Crippen LogP contribution in [0.1, 0.15) is 17.1 Å². The highest BCUT2D eigenvalue weighted by atomic mass is 16.1. The molecule has 0 aliphatic carbocycles. The van der Waals surface area contributed by atoms with Crippen molar-refractivity contribution in [2.24, 2.45) is 0 Å². The Balaban J connectivity index is 2.09. The van der Waals surface area contributed by atoms with Gasteiger partial charge in [-0.3, -0.25) is 4.79 Å². The average Bonchev–Trinajstić information content (AvgIpc) is 2.25. The smallest absolute Gasteiger partial charge is 0.251 e. The minimum absolute atomic E-state index is 0.0972. The van der Waals surface area contributed by atoms with Crippen LogP contribution in [0.2, 0.25) is 0 Å². The van der Waals surface area contributed by atoms with E-state index in [9.17, 15) is 4.79 Å². The average molecular weight is 229 g/mol.